The predicted molar refractivity (Wildman–Crippen MR) is 61.7 cm³/mol. The van der Waals surface area contributed by atoms with Crippen LogP contribution in [-0.2, 0) is 14.1 Å². The summed E-state index contributed by atoms with van der Waals surface area (Å²) in [6, 6.07) is 8.09. The van der Waals surface area contributed by atoms with Crippen LogP contribution in [0.15, 0.2) is 42.5 Å². The van der Waals surface area contributed by atoms with Crippen molar-refractivity contribution in [2.45, 2.75) is 6.92 Å². The molecular formula is C11H13O4P. The van der Waals surface area contributed by atoms with Crippen molar-refractivity contribution < 1.29 is 19.0 Å². The first-order chi connectivity index (χ1) is 7.43. The van der Waals surface area contributed by atoms with E-state index in [1.807, 2.05) is 0 Å². The monoisotopic (exact) mass is 240 g/mol. The minimum Gasteiger partial charge on any atom is -0.452 e. The van der Waals surface area contributed by atoms with E-state index >= 15 is 0 Å². The SMILES string of the molecule is C=C(C)C(=O)OCP(=O)(O)c1ccccc1. The maximum Gasteiger partial charge on any atom is 0.333 e. The molecule has 1 aromatic rings. The summed E-state index contributed by atoms with van der Waals surface area (Å²) in [5.74, 6) is -0.662. The molecule has 0 aliphatic heterocycles. The fourth-order valence-electron chi connectivity index (χ4n) is 1.00. The summed E-state index contributed by atoms with van der Waals surface area (Å²) in [6.45, 7) is 4.86. The van der Waals surface area contributed by atoms with Crippen molar-refractivity contribution in [1.29, 1.82) is 0 Å². The fourth-order valence-corrected chi connectivity index (χ4v) is 2.08. The molecule has 1 unspecified atom stereocenters. The summed E-state index contributed by atoms with van der Waals surface area (Å²) in [5.41, 5.74) is 0.202. The van der Waals surface area contributed by atoms with Crippen molar-refractivity contribution in [1.82, 2.24) is 0 Å². The largest absolute Gasteiger partial charge is 0.452 e. The maximum atomic E-state index is 11.8. The van der Waals surface area contributed by atoms with Gasteiger partial charge >= 0.3 is 5.97 Å². The van der Waals surface area contributed by atoms with Gasteiger partial charge in [0.2, 0.25) is 0 Å². The number of hydrogen-bond acceptors (Lipinski definition) is 3. The molecule has 0 aliphatic carbocycles. The van der Waals surface area contributed by atoms with Gasteiger partial charge < -0.3 is 9.63 Å². The van der Waals surface area contributed by atoms with Crippen LogP contribution in [0.3, 0.4) is 0 Å². The molecule has 0 bridgehead atoms. The second kappa shape index (κ2) is 5.10. The van der Waals surface area contributed by atoms with Crippen LogP contribution in [0.4, 0.5) is 0 Å². The number of benzene rings is 1. The lowest BCUT2D eigenvalue weighted by Gasteiger charge is -2.11. The standard InChI is InChI=1S/C11H13O4P/c1-9(2)11(12)15-8-16(13,14)10-6-4-3-5-7-10/h3-7H,1,8H2,2H3,(H,13,14). The van der Waals surface area contributed by atoms with Crippen molar-refractivity contribution in [3.05, 3.63) is 42.5 Å². The minimum absolute atomic E-state index is 0.202. The molecule has 1 rings (SSSR count). The van der Waals surface area contributed by atoms with Crippen molar-refractivity contribution >= 4 is 18.6 Å². The molecule has 0 aliphatic rings. The fraction of sp³-hybridized carbons (Fsp3) is 0.182. The van der Waals surface area contributed by atoms with E-state index < -0.39 is 19.7 Å². The molecule has 1 N–H and O–H groups in total. The van der Waals surface area contributed by atoms with E-state index in [1.54, 1.807) is 18.2 Å². The molecule has 0 radical (unpaired) electrons. The smallest absolute Gasteiger partial charge is 0.333 e. The van der Waals surface area contributed by atoms with Crippen LogP contribution >= 0.6 is 7.37 Å². The lowest BCUT2D eigenvalue weighted by Crippen LogP contribution is -2.12. The number of carbonyl (C=O) groups excluding carboxylic acids is 1. The van der Waals surface area contributed by atoms with E-state index in [4.69, 9.17) is 0 Å². The number of ether oxygens (including phenoxy) is 1. The zero-order valence-corrected chi connectivity index (χ0v) is 9.81. The Hall–Kier alpha value is -1.38. The molecule has 0 aromatic heterocycles. The van der Waals surface area contributed by atoms with Crippen molar-refractivity contribution in [2.75, 3.05) is 6.35 Å². The normalized spacial score (nSPS) is 13.9. The van der Waals surface area contributed by atoms with Gasteiger partial charge in [0, 0.05) is 10.9 Å². The molecule has 86 valence electrons. The van der Waals surface area contributed by atoms with Gasteiger partial charge in [0.05, 0.1) is 0 Å². The van der Waals surface area contributed by atoms with E-state index in [0.29, 0.717) is 0 Å². The summed E-state index contributed by atoms with van der Waals surface area (Å²) in [7, 11) is -3.62. The molecule has 5 heteroatoms. The van der Waals surface area contributed by atoms with E-state index in [9.17, 15) is 14.3 Å². The first kappa shape index (κ1) is 12.7. The van der Waals surface area contributed by atoms with Gasteiger partial charge in [-0.1, -0.05) is 24.8 Å². The van der Waals surface area contributed by atoms with Gasteiger partial charge in [0.15, 0.2) is 6.35 Å². The Morgan fingerprint density at radius 2 is 2.00 bits per heavy atom. The Kier molecular flexibility index (Phi) is 4.05. The first-order valence-corrected chi connectivity index (χ1v) is 6.48. The van der Waals surface area contributed by atoms with Crippen LogP contribution < -0.4 is 5.30 Å². The number of carbonyl (C=O) groups is 1. The van der Waals surface area contributed by atoms with E-state index in [0.717, 1.165) is 0 Å². The van der Waals surface area contributed by atoms with Gasteiger partial charge in [-0.05, 0) is 19.1 Å². The van der Waals surface area contributed by atoms with Gasteiger partial charge in [-0.25, -0.2) is 4.79 Å². The summed E-state index contributed by atoms with van der Waals surface area (Å²) in [5, 5.41) is 0.268. The van der Waals surface area contributed by atoms with Crippen LogP contribution in [-0.4, -0.2) is 17.2 Å². The quantitative estimate of drug-likeness (QED) is 0.494. The highest BCUT2D eigenvalue weighted by Crippen LogP contribution is 2.38. The zero-order chi connectivity index (χ0) is 12.2. The first-order valence-electron chi connectivity index (χ1n) is 4.63. The predicted octanol–water partition coefficient (Wildman–Crippen LogP) is 1.66. The van der Waals surface area contributed by atoms with Gasteiger partial charge in [-0.3, -0.25) is 4.57 Å². The summed E-state index contributed by atoms with van der Waals surface area (Å²) in [4.78, 5) is 20.7. The van der Waals surface area contributed by atoms with Gasteiger partial charge in [-0.2, -0.15) is 0 Å². The van der Waals surface area contributed by atoms with Gasteiger partial charge in [0.25, 0.3) is 7.37 Å². The maximum absolute atomic E-state index is 11.8. The molecule has 4 nitrogen and oxygen atoms in total. The molecule has 1 aromatic carbocycles. The highest BCUT2D eigenvalue weighted by molar-refractivity contribution is 7.65. The van der Waals surface area contributed by atoms with Crippen molar-refractivity contribution in [3.63, 3.8) is 0 Å². The summed E-state index contributed by atoms with van der Waals surface area (Å²) < 4.78 is 16.5. The van der Waals surface area contributed by atoms with Gasteiger partial charge in [0.1, 0.15) is 0 Å². The zero-order valence-electron chi connectivity index (χ0n) is 8.92. The molecule has 0 amide bonds. The average Bonchev–Trinajstić information content (AvgIpc) is 2.27. The van der Waals surface area contributed by atoms with E-state index in [1.165, 1.54) is 19.1 Å². The molecule has 16 heavy (non-hydrogen) atoms. The third-order valence-electron chi connectivity index (χ3n) is 1.88. The highest BCUT2D eigenvalue weighted by atomic mass is 31.2. The second-order valence-electron chi connectivity index (χ2n) is 3.38. The van der Waals surface area contributed by atoms with Crippen LogP contribution in [0.1, 0.15) is 6.92 Å². The van der Waals surface area contributed by atoms with Crippen molar-refractivity contribution in [3.8, 4) is 0 Å². The Balaban J connectivity index is 2.70. The number of hydrogen-bond donors (Lipinski definition) is 1. The highest BCUT2D eigenvalue weighted by Gasteiger charge is 2.23. The minimum atomic E-state index is -3.62. The van der Waals surface area contributed by atoms with E-state index in [2.05, 4.69) is 11.3 Å². The van der Waals surface area contributed by atoms with E-state index in [-0.39, 0.29) is 10.9 Å². The van der Waals surface area contributed by atoms with Crippen molar-refractivity contribution in [2.24, 2.45) is 0 Å². The number of esters is 1. The van der Waals surface area contributed by atoms with Crippen LogP contribution in [0.5, 0.6) is 0 Å². The molecule has 1 atom stereocenters. The second-order valence-corrected chi connectivity index (χ2v) is 5.56. The number of rotatable bonds is 4. The Morgan fingerprint density at radius 3 is 2.50 bits per heavy atom. The molecule has 0 fully saturated rings. The average molecular weight is 240 g/mol. The summed E-state index contributed by atoms with van der Waals surface area (Å²) >= 11 is 0. The molecular weight excluding hydrogens is 227 g/mol. The molecule has 0 spiro atoms. The van der Waals surface area contributed by atoms with Crippen LogP contribution in [0.2, 0.25) is 0 Å². The Labute approximate surface area is 94.0 Å². The lowest BCUT2D eigenvalue weighted by atomic mass is 10.4. The topological polar surface area (TPSA) is 63.6 Å². The lowest BCUT2D eigenvalue weighted by molar-refractivity contribution is -0.137. The third-order valence-corrected chi connectivity index (χ3v) is 3.46. The van der Waals surface area contributed by atoms with Crippen LogP contribution in [0.25, 0.3) is 0 Å². The Morgan fingerprint density at radius 1 is 1.44 bits per heavy atom. The Bertz CT molecular complexity index is 439. The van der Waals surface area contributed by atoms with Crippen LogP contribution in [0, 0.1) is 0 Å². The summed E-state index contributed by atoms with van der Waals surface area (Å²) in [6.07, 6.45) is -0.525. The van der Waals surface area contributed by atoms with Gasteiger partial charge in [-0.15, -0.1) is 0 Å². The molecule has 0 heterocycles. The third kappa shape index (κ3) is 3.33. The molecule has 0 saturated carbocycles. The molecule has 0 saturated heterocycles.